The lowest BCUT2D eigenvalue weighted by molar-refractivity contribution is -0.121. The van der Waals surface area contributed by atoms with E-state index in [-0.39, 0.29) is 5.91 Å². The molecule has 0 aliphatic heterocycles. The molecule has 3 rings (SSSR count). The lowest BCUT2D eigenvalue weighted by Crippen LogP contribution is -2.23. The Labute approximate surface area is 151 Å². The molecule has 0 aliphatic carbocycles. The topological polar surface area (TPSA) is 55.1 Å². The van der Waals surface area contributed by atoms with E-state index in [0.717, 1.165) is 23.4 Å². The van der Waals surface area contributed by atoms with Crippen molar-refractivity contribution in [1.29, 1.82) is 0 Å². The highest BCUT2D eigenvalue weighted by Crippen LogP contribution is 2.17. The van der Waals surface area contributed by atoms with Crippen molar-refractivity contribution in [2.45, 2.75) is 24.3 Å². The van der Waals surface area contributed by atoms with E-state index in [1.54, 1.807) is 24.2 Å². The Bertz CT molecular complexity index is 797. The summed E-state index contributed by atoms with van der Waals surface area (Å²) in [5.74, 6) is 0.784. The van der Waals surface area contributed by atoms with Crippen LogP contribution < -0.4 is 5.32 Å². The van der Waals surface area contributed by atoms with Crippen LogP contribution in [0.25, 0.3) is 11.5 Å². The van der Waals surface area contributed by atoms with Crippen molar-refractivity contribution >= 4 is 17.7 Å². The molecule has 4 nitrogen and oxygen atoms in total. The molecule has 5 heteroatoms. The highest BCUT2D eigenvalue weighted by Gasteiger charge is 2.05. The lowest BCUT2D eigenvalue weighted by atomic mass is 10.1. The van der Waals surface area contributed by atoms with Crippen LogP contribution in [0.2, 0.25) is 0 Å². The second kappa shape index (κ2) is 8.53. The number of amides is 1. The molecule has 0 atom stereocenters. The summed E-state index contributed by atoms with van der Waals surface area (Å²) < 4.78 is 5.31. The van der Waals surface area contributed by atoms with Crippen LogP contribution in [-0.2, 0) is 17.8 Å². The van der Waals surface area contributed by atoms with Gasteiger partial charge in [-0.2, -0.15) is 0 Å². The summed E-state index contributed by atoms with van der Waals surface area (Å²) >= 11 is 1.72. The third-order valence-electron chi connectivity index (χ3n) is 3.89. The van der Waals surface area contributed by atoms with Gasteiger partial charge in [0.25, 0.3) is 0 Å². The van der Waals surface area contributed by atoms with E-state index in [1.807, 2.05) is 24.3 Å². The molecular weight excluding hydrogens is 332 g/mol. The first-order valence-corrected chi connectivity index (χ1v) is 9.35. The van der Waals surface area contributed by atoms with Gasteiger partial charge in [-0.15, -0.1) is 11.8 Å². The fourth-order valence-electron chi connectivity index (χ4n) is 2.44. The zero-order valence-electron chi connectivity index (χ0n) is 14.1. The molecule has 0 fully saturated rings. The molecular formula is C20H20N2O2S. The van der Waals surface area contributed by atoms with Crippen LogP contribution in [0.5, 0.6) is 0 Å². The van der Waals surface area contributed by atoms with Crippen molar-refractivity contribution in [3.63, 3.8) is 0 Å². The van der Waals surface area contributed by atoms with Gasteiger partial charge in [-0.05, 0) is 54.1 Å². The number of pyridine rings is 1. The summed E-state index contributed by atoms with van der Waals surface area (Å²) in [6, 6.07) is 15.9. The number of thioether (sulfide) groups is 1. The quantitative estimate of drug-likeness (QED) is 0.644. The van der Waals surface area contributed by atoms with Crippen molar-refractivity contribution in [3.05, 3.63) is 72.1 Å². The van der Waals surface area contributed by atoms with E-state index in [0.29, 0.717) is 13.0 Å². The van der Waals surface area contributed by atoms with Gasteiger partial charge in [-0.3, -0.25) is 9.78 Å². The Kier molecular flexibility index (Phi) is 5.90. The Morgan fingerprint density at radius 3 is 2.56 bits per heavy atom. The van der Waals surface area contributed by atoms with Gasteiger partial charge in [0, 0.05) is 24.1 Å². The number of benzene rings is 1. The Hall–Kier alpha value is -2.53. The first-order chi connectivity index (χ1) is 12.2. The minimum absolute atomic E-state index is 0.0454. The summed E-state index contributed by atoms with van der Waals surface area (Å²) in [4.78, 5) is 17.6. The molecule has 1 aromatic carbocycles. The highest BCUT2D eigenvalue weighted by atomic mass is 32.2. The minimum atomic E-state index is 0.0454. The number of hydrogen-bond acceptors (Lipinski definition) is 4. The van der Waals surface area contributed by atoms with Gasteiger partial charge < -0.3 is 9.73 Å². The molecule has 128 valence electrons. The molecule has 0 unspecified atom stereocenters. The molecule has 2 aromatic heterocycles. The third-order valence-corrected chi connectivity index (χ3v) is 4.63. The van der Waals surface area contributed by atoms with E-state index >= 15 is 0 Å². The molecule has 3 aromatic rings. The number of nitrogens with one attached hydrogen (secondary N) is 1. The Morgan fingerprint density at radius 1 is 1.12 bits per heavy atom. The smallest absolute Gasteiger partial charge is 0.220 e. The monoisotopic (exact) mass is 352 g/mol. The summed E-state index contributed by atoms with van der Waals surface area (Å²) in [6.45, 7) is 0.482. The van der Waals surface area contributed by atoms with Gasteiger partial charge in [0.15, 0.2) is 5.76 Å². The van der Waals surface area contributed by atoms with Gasteiger partial charge in [0.2, 0.25) is 5.91 Å². The summed E-state index contributed by atoms with van der Waals surface area (Å²) in [5.41, 5.74) is 2.93. The molecule has 0 aliphatic rings. The number of nitrogens with zero attached hydrogens (tertiary/aromatic N) is 1. The molecule has 0 spiro atoms. The fraction of sp³-hybridized carbons (Fsp3) is 0.200. The first-order valence-electron chi connectivity index (χ1n) is 8.13. The van der Waals surface area contributed by atoms with Crippen molar-refractivity contribution in [3.8, 4) is 11.5 Å². The van der Waals surface area contributed by atoms with Crippen molar-refractivity contribution < 1.29 is 9.21 Å². The summed E-state index contributed by atoms with van der Waals surface area (Å²) in [5, 5.41) is 2.94. The maximum Gasteiger partial charge on any atom is 0.220 e. The van der Waals surface area contributed by atoms with Crippen LogP contribution >= 0.6 is 11.8 Å². The second-order valence-electron chi connectivity index (χ2n) is 5.65. The number of furan rings is 1. The van der Waals surface area contributed by atoms with Gasteiger partial charge in [0.1, 0.15) is 5.69 Å². The summed E-state index contributed by atoms with van der Waals surface area (Å²) in [6.07, 6.45) is 6.67. The van der Waals surface area contributed by atoms with Crippen LogP contribution in [0.4, 0.5) is 0 Å². The second-order valence-corrected chi connectivity index (χ2v) is 6.53. The molecule has 0 bridgehead atoms. The number of carbonyl (C=O) groups excluding carboxylic acids is 1. The van der Waals surface area contributed by atoms with E-state index in [4.69, 9.17) is 4.42 Å². The van der Waals surface area contributed by atoms with Crippen LogP contribution in [0.1, 0.15) is 17.5 Å². The molecule has 1 amide bonds. The van der Waals surface area contributed by atoms with Gasteiger partial charge in [-0.25, -0.2) is 0 Å². The lowest BCUT2D eigenvalue weighted by Gasteiger charge is -2.06. The molecule has 2 heterocycles. The van der Waals surface area contributed by atoms with E-state index in [1.165, 1.54) is 10.5 Å². The van der Waals surface area contributed by atoms with Crippen LogP contribution in [0.15, 0.2) is 70.3 Å². The van der Waals surface area contributed by atoms with E-state index in [2.05, 4.69) is 40.8 Å². The van der Waals surface area contributed by atoms with Crippen LogP contribution in [0.3, 0.4) is 0 Å². The maximum absolute atomic E-state index is 12.0. The van der Waals surface area contributed by atoms with Gasteiger partial charge >= 0.3 is 0 Å². The number of hydrogen-bond donors (Lipinski definition) is 1. The molecule has 0 radical (unpaired) electrons. The number of aromatic nitrogens is 1. The maximum atomic E-state index is 12.0. The zero-order chi connectivity index (χ0) is 17.5. The Morgan fingerprint density at radius 2 is 1.92 bits per heavy atom. The van der Waals surface area contributed by atoms with Gasteiger partial charge in [-0.1, -0.05) is 18.2 Å². The first kappa shape index (κ1) is 17.3. The fourth-order valence-corrected chi connectivity index (χ4v) is 2.85. The van der Waals surface area contributed by atoms with Crippen molar-refractivity contribution in [2.24, 2.45) is 0 Å². The number of aryl methyl sites for hydroxylation is 1. The standard InChI is InChI=1S/C20H20N2O2S/c1-25-17-8-4-15(5-9-17)7-11-20(23)22-14-16-6-10-18(21-13-16)19-3-2-12-24-19/h2-6,8-10,12-13H,7,11,14H2,1H3,(H,22,23). The molecule has 0 saturated heterocycles. The molecule has 1 N–H and O–H groups in total. The average molecular weight is 352 g/mol. The van der Waals surface area contributed by atoms with Crippen LogP contribution in [-0.4, -0.2) is 17.1 Å². The average Bonchev–Trinajstić information content (AvgIpc) is 3.20. The number of carbonyl (C=O) groups is 1. The zero-order valence-corrected chi connectivity index (χ0v) is 14.9. The minimum Gasteiger partial charge on any atom is -0.463 e. The predicted octanol–water partition coefficient (Wildman–Crippen LogP) is 4.31. The normalized spacial score (nSPS) is 10.6. The number of rotatable bonds is 7. The Balaban J connectivity index is 1.45. The van der Waals surface area contributed by atoms with Crippen molar-refractivity contribution in [1.82, 2.24) is 10.3 Å². The molecule has 0 saturated carbocycles. The highest BCUT2D eigenvalue weighted by molar-refractivity contribution is 7.98. The van der Waals surface area contributed by atoms with E-state index < -0.39 is 0 Å². The molecule has 25 heavy (non-hydrogen) atoms. The third kappa shape index (κ3) is 4.97. The van der Waals surface area contributed by atoms with E-state index in [9.17, 15) is 4.79 Å². The predicted molar refractivity (Wildman–Crippen MR) is 100 cm³/mol. The largest absolute Gasteiger partial charge is 0.463 e. The SMILES string of the molecule is CSc1ccc(CCC(=O)NCc2ccc(-c3ccco3)nc2)cc1. The van der Waals surface area contributed by atoms with Crippen LogP contribution in [0, 0.1) is 0 Å². The van der Waals surface area contributed by atoms with Gasteiger partial charge in [0.05, 0.1) is 6.26 Å². The van der Waals surface area contributed by atoms with Crippen molar-refractivity contribution in [2.75, 3.05) is 6.26 Å². The summed E-state index contributed by atoms with van der Waals surface area (Å²) in [7, 11) is 0.